The van der Waals surface area contributed by atoms with Gasteiger partial charge in [-0.2, -0.15) is 0 Å². The van der Waals surface area contributed by atoms with Crippen molar-refractivity contribution in [3.05, 3.63) is 30.2 Å². The molecule has 0 aliphatic heterocycles. The number of oxazole rings is 1. The molecule has 0 aliphatic rings. The van der Waals surface area contributed by atoms with Crippen molar-refractivity contribution in [3.8, 4) is 0 Å². The van der Waals surface area contributed by atoms with Crippen molar-refractivity contribution in [1.82, 2.24) is 4.98 Å². The summed E-state index contributed by atoms with van der Waals surface area (Å²) in [6.07, 6.45) is -0.845. The molecule has 1 heterocycles. The monoisotopic (exact) mass is 192 g/mol. The summed E-state index contributed by atoms with van der Waals surface area (Å²) in [5.41, 5.74) is 6.95. The molecular weight excluding hydrogens is 180 g/mol. The van der Waals surface area contributed by atoms with Gasteiger partial charge in [0.15, 0.2) is 5.58 Å². The van der Waals surface area contributed by atoms with E-state index in [-0.39, 0.29) is 11.9 Å². The number of hydrogen-bond acceptors (Lipinski definition) is 4. The van der Waals surface area contributed by atoms with Crippen LogP contribution in [0.5, 0.6) is 0 Å². The molecule has 2 aromatic rings. The second-order valence-electron chi connectivity index (χ2n) is 3.32. The van der Waals surface area contributed by atoms with E-state index in [1.807, 2.05) is 18.2 Å². The van der Waals surface area contributed by atoms with Crippen LogP contribution in [0.25, 0.3) is 11.1 Å². The molecule has 1 unspecified atom stereocenters. The highest BCUT2D eigenvalue weighted by Crippen LogP contribution is 2.20. The predicted octanol–water partition coefficient (Wildman–Crippen LogP) is 1.21. The summed E-state index contributed by atoms with van der Waals surface area (Å²) in [6.45, 7) is 1.71. The average molecular weight is 192 g/mol. The van der Waals surface area contributed by atoms with Crippen LogP contribution in [-0.2, 0) is 0 Å². The summed E-state index contributed by atoms with van der Waals surface area (Å²) in [4.78, 5) is 4.14. The maximum absolute atomic E-state index is 9.62. The van der Waals surface area contributed by atoms with Gasteiger partial charge in [0.25, 0.3) is 0 Å². The Morgan fingerprint density at radius 1 is 1.43 bits per heavy atom. The lowest BCUT2D eigenvalue weighted by Crippen LogP contribution is -2.24. The molecule has 1 aromatic carbocycles. The number of aliphatic hydroxyl groups is 1. The maximum atomic E-state index is 9.62. The highest BCUT2D eigenvalue weighted by molar-refractivity contribution is 5.72. The Balaban J connectivity index is 2.45. The van der Waals surface area contributed by atoms with Gasteiger partial charge in [-0.25, -0.2) is 4.98 Å². The number of aromatic nitrogens is 1. The van der Waals surface area contributed by atoms with Gasteiger partial charge in [-0.15, -0.1) is 0 Å². The molecule has 0 radical (unpaired) electrons. The molecule has 2 atom stereocenters. The van der Waals surface area contributed by atoms with Crippen LogP contribution in [0.2, 0.25) is 0 Å². The summed E-state index contributed by atoms with van der Waals surface area (Å²) in [6, 6.07) is 6.97. The summed E-state index contributed by atoms with van der Waals surface area (Å²) >= 11 is 0. The lowest BCUT2D eigenvalue weighted by Gasteiger charge is -2.08. The fraction of sp³-hybridized carbons (Fsp3) is 0.300. The van der Waals surface area contributed by atoms with Crippen molar-refractivity contribution in [1.29, 1.82) is 0 Å². The van der Waals surface area contributed by atoms with Gasteiger partial charge >= 0.3 is 0 Å². The lowest BCUT2D eigenvalue weighted by molar-refractivity contribution is 0.123. The van der Waals surface area contributed by atoms with E-state index in [0.717, 1.165) is 5.52 Å². The van der Waals surface area contributed by atoms with Gasteiger partial charge in [-0.1, -0.05) is 12.1 Å². The largest absolute Gasteiger partial charge is 0.438 e. The van der Waals surface area contributed by atoms with Gasteiger partial charge in [0, 0.05) is 6.04 Å². The number of para-hydroxylation sites is 2. The Bertz CT molecular complexity index is 403. The molecule has 1 aromatic heterocycles. The van der Waals surface area contributed by atoms with Crippen LogP contribution in [0.3, 0.4) is 0 Å². The van der Waals surface area contributed by atoms with Crippen molar-refractivity contribution >= 4 is 11.1 Å². The number of nitrogens with zero attached hydrogens (tertiary/aromatic N) is 1. The summed E-state index contributed by atoms with van der Waals surface area (Å²) in [5, 5.41) is 9.62. The van der Waals surface area contributed by atoms with E-state index >= 15 is 0 Å². The summed E-state index contributed by atoms with van der Waals surface area (Å²) < 4.78 is 5.35. The van der Waals surface area contributed by atoms with E-state index in [2.05, 4.69) is 4.98 Å². The first kappa shape index (κ1) is 9.18. The third-order valence-corrected chi connectivity index (χ3v) is 2.06. The van der Waals surface area contributed by atoms with Gasteiger partial charge in [0.1, 0.15) is 11.6 Å². The molecule has 0 aliphatic carbocycles. The molecule has 0 saturated heterocycles. The van der Waals surface area contributed by atoms with E-state index in [9.17, 15) is 5.11 Å². The molecule has 0 amide bonds. The van der Waals surface area contributed by atoms with E-state index < -0.39 is 6.10 Å². The maximum Gasteiger partial charge on any atom is 0.225 e. The van der Waals surface area contributed by atoms with Crippen LogP contribution in [0, 0.1) is 0 Å². The number of benzene rings is 1. The highest BCUT2D eigenvalue weighted by atomic mass is 16.4. The van der Waals surface area contributed by atoms with Gasteiger partial charge in [-0.05, 0) is 19.1 Å². The highest BCUT2D eigenvalue weighted by Gasteiger charge is 2.18. The Morgan fingerprint density at radius 3 is 2.79 bits per heavy atom. The first-order valence-corrected chi connectivity index (χ1v) is 4.47. The van der Waals surface area contributed by atoms with Crippen LogP contribution < -0.4 is 5.73 Å². The first-order chi connectivity index (χ1) is 6.68. The Hall–Kier alpha value is -1.39. The molecular formula is C10H12N2O2. The lowest BCUT2D eigenvalue weighted by atomic mass is 10.2. The van der Waals surface area contributed by atoms with Gasteiger partial charge in [0.2, 0.25) is 5.89 Å². The Kier molecular flexibility index (Phi) is 2.23. The fourth-order valence-corrected chi connectivity index (χ4v) is 1.24. The SMILES string of the molecule is C[C@H](N)C(O)c1nc2ccccc2o1. The topological polar surface area (TPSA) is 72.3 Å². The van der Waals surface area contributed by atoms with Crippen LogP contribution in [0.1, 0.15) is 18.9 Å². The first-order valence-electron chi connectivity index (χ1n) is 4.47. The number of fused-ring (bicyclic) bond motifs is 1. The number of hydrogen-bond donors (Lipinski definition) is 2. The number of nitrogens with two attached hydrogens (primary N) is 1. The molecule has 0 bridgehead atoms. The molecule has 3 N–H and O–H groups in total. The summed E-state index contributed by atoms with van der Waals surface area (Å²) in [5.74, 6) is 0.279. The standard InChI is InChI=1S/C10H12N2O2/c1-6(11)9(13)10-12-7-4-2-3-5-8(7)14-10/h2-6,9,13H,11H2,1H3/t6-,9?/m0/s1. The number of rotatable bonds is 2. The smallest absolute Gasteiger partial charge is 0.225 e. The minimum absolute atomic E-state index is 0.279. The molecule has 74 valence electrons. The van der Waals surface area contributed by atoms with Crippen molar-refractivity contribution in [2.24, 2.45) is 5.73 Å². The third kappa shape index (κ3) is 1.49. The van der Waals surface area contributed by atoms with E-state index in [1.165, 1.54) is 0 Å². The third-order valence-electron chi connectivity index (χ3n) is 2.06. The van der Waals surface area contributed by atoms with E-state index in [1.54, 1.807) is 13.0 Å². The van der Waals surface area contributed by atoms with E-state index in [0.29, 0.717) is 5.58 Å². The van der Waals surface area contributed by atoms with Crippen LogP contribution in [-0.4, -0.2) is 16.1 Å². The second-order valence-corrected chi connectivity index (χ2v) is 3.32. The molecule has 4 nitrogen and oxygen atoms in total. The molecule has 4 heteroatoms. The summed E-state index contributed by atoms with van der Waals surface area (Å²) in [7, 11) is 0. The van der Waals surface area contributed by atoms with Crippen molar-refractivity contribution in [2.45, 2.75) is 19.1 Å². The van der Waals surface area contributed by atoms with Crippen LogP contribution in [0.15, 0.2) is 28.7 Å². The minimum Gasteiger partial charge on any atom is -0.438 e. The zero-order valence-electron chi connectivity index (χ0n) is 7.84. The molecule has 0 fully saturated rings. The van der Waals surface area contributed by atoms with Crippen LogP contribution >= 0.6 is 0 Å². The van der Waals surface area contributed by atoms with Crippen molar-refractivity contribution in [2.75, 3.05) is 0 Å². The van der Waals surface area contributed by atoms with Gasteiger partial charge in [0.05, 0.1) is 0 Å². The minimum atomic E-state index is -0.845. The molecule has 0 saturated carbocycles. The van der Waals surface area contributed by atoms with Gasteiger partial charge < -0.3 is 15.3 Å². The van der Waals surface area contributed by atoms with Crippen molar-refractivity contribution < 1.29 is 9.52 Å². The molecule has 0 spiro atoms. The fourth-order valence-electron chi connectivity index (χ4n) is 1.24. The average Bonchev–Trinajstić information content (AvgIpc) is 2.59. The quantitative estimate of drug-likeness (QED) is 0.750. The van der Waals surface area contributed by atoms with Crippen LogP contribution in [0.4, 0.5) is 0 Å². The zero-order chi connectivity index (χ0) is 10.1. The zero-order valence-corrected chi connectivity index (χ0v) is 7.84. The number of aliphatic hydroxyl groups excluding tert-OH is 1. The van der Waals surface area contributed by atoms with E-state index in [4.69, 9.17) is 10.2 Å². The van der Waals surface area contributed by atoms with Crippen molar-refractivity contribution in [3.63, 3.8) is 0 Å². The second kappa shape index (κ2) is 3.40. The van der Waals surface area contributed by atoms with Gasteiger partial charge in [-0.3, -0.25) is 0 Å². The molecule has 2 rings (SSSR count). The predicted molar refractivity (Wildman–Crippen MR) is 52.6 cm³/mol. The normalized spacial score (nSPS) is 15.6. The Labute approximate surface area is 81.4 Å². The Morgan fingerprint density at radius 2 is 2.14 bits per heavy atom. The molecule has 14 heavy (non-hydrogen) atoms.